The molecular weight excluding hydrogens is 389 g/mol. The van der Waals surface area contributed by atoms with Crippen molar-refractivity contribution >= 4 is 17.6 Å². The summed E-state index contributed by atoms with van der Waals surface area (Å²) in [6.45, 7) is 3.96. The Hall–Kier alpha value is -2.35. The molecule has 0 aromatic heterocycles. The minimum atomic E-state index is -0.504. The number of benzene rings is 1. The summed E-state index contributed by atoms with van der Waals surface area (Å²) < 4.78 is 24.1. The molecule has 164 valence electrons. The number of nitrogens with zero attached hydrogens (tertiary/aromatic N) is 2. The standard InChI is InChI=1S/C22H30FN3O4/c1-29-19-3-2-17(15-18(19)23)24-21(28)26-8-6-22(7-9-26)5-4-16(22)14-20(27)25-10-12-30-13-11-25/h2-3,15-16H,4-14H2,1H3,(H,24,28). The van der Waals surface area contributed by atoms with Gasteiger partial charge in [-0.2, -0.15) is 0 Å². The lowest BCUT2D eigenvalue weighted by atomic mass is 9.54. The van der Waals surface area contributed by atoms with E-state index >= 15 is 0 Å². The Labute approximate surface area is 176 Å². The number of hydrogen-bond donors (Lipinski definition) is 1. The van der Waals surface area contributed by atoms with E-state index in [1.165, 1.54) is 19.2 Å². The molecule has 2 saturated heterocycles. The summed E-state index contributed by atoms with van der Waals surface area (Å²) in [5.41, 5.74) is 0.599. The number of nitrogens with one attached hydrogen (secondary N) is 1. The third-order valence-electron chi connectivity index (χ3n) is 7.09. The van der Waals surface area contributed by atoms with Crippen LogP contribution in [-0.4, -0.2) is 68.2 Å². The largest absolute Gasteiger partial charge is 0.494 e. The van der Waals surface area contributed by atoms with Gasteiger partial charge in [0.2, 0.25) is 5.91 Å². The van der Waals surface area contributed by atoms with Crippen molar-refractivity contribution < 1.29 is 23.5 Å². The molecule has 1 unspecified atom stereocenters. The summed E-state index contributed by atoms with van der Waals surface area (Å²) >= 11 is 0. The number of rotatable bonds is 4. The number of hydrogen-bond acceptors (Lipinski definition) is 4. The number of carbonyl (C=O) groups excluding carboxylic acids is 2. The molecule has 1 N–H and O–H groups in total. The predicted molar refractivity (Wildman–Crippen MR) is 110 cm³/mol. The molecule has 2 aliphatic heterocycles. The number of urea groups is 1. The topological polar surface area (TPSA) is 71.1 Å². The molecule has 0 radical (unpaired) electrons. The first kappa shape index (κ1) is 20.9. The SMILES string of the molecule is COc1ccc(NC(=O)N2CCC3(CCC3CC(=O)N3CCOCC3)CC2)cc1F. The van der Waals surface area contributed by atoms with Gasteiger partial charge in [0.05, 0.1) is 20.3 Å². The number of methoxy groups -OCH3 is 1. The highest BCUT2D eigenvalue weighted by molar-refractivity contribution is 5.89. The summed E-state index contributed by atoms with van der Waals surface area (Å²) in [5.74, 6) is 0.295. The van der Waals surface area contributed by atoms with Crippen LogP contribution in [0.25, 0.3) is 0 Å². The van der Waals surface area contributed by atoms with Crippen LogP contribution in [0.1, 0.15) is 32.1 Å². The number of anilines is 1. The van der Waals surface area contributed by atoms with E-state index in [-0.39, 0.29) is 23.1 Å². The van der Waals surface area contributed by atoms with Crippen LogP contribution < -0.4 is 10.1 Å². The smallest absolute Gasteiger partial charge is 0.321 e. The fourth-order valence-electron chi connectivity index (χ4n) is 4.99. The van der Waals surface area contributed by atoms with E-state index in [1.54, 1.807) is 11.0 Å². The normalized spacial score (nSPS) is 23.1. The Kier molecular flexibility index (Phi) is 6.13. The molecule has 3 aliphatic rings. The van der Waals surface area contributed by atoms with Crippen molar-refractivity contribution in [1.29, 1.82) is 0 Å². The average molecular weight is 419 g/mol. The molecule has 4 rings (SSSR count). The van der Waals surface area contributed by atoms with Gasteiger partial charge in [0.15, 0.2) is 11.6 Å². The molecule has 3 fully saturated rings. The van der Waals surface area contributed by atoms with Crippen LogP contribution in [-0.2, 0) is 9.53 Å². The number of amides is 3. The van der Waals surface area contributed by atoms with Gasteiger partial charge in [0.1, 0.15) is 0 Å². The molecule has 1 aromatic carbocycles. The van der Waals surface area contributed by atoms with Gasteiger partial charge in [-0.3, -0.25) is 4.79 Å². The fraction of sp³-hybridized carbons (Fsp3) is 0.636. The maximum Gasteiger partial charge on any atom is 0.321 e. The Morgan fingerprint density at radius 2 is 1.90 bits per heavy atom. The molecule has 1 spiro atoms. The van der Waals surface area contributed by atoms with Crippen molar-refractivity contribution in [2.24, 2.45) is 11.3 Å². The summed E-state index contributed by atoms with van der Waals surface area (Å²) in [4.78, 5) is 28.9. The molecule has 0 bridgehead atoms. The van der Waals surface area contributed by atoms with Gasteiger partial charge in [0, 0.05) is 44.4 Å². The average Bonchev–Trinajstić information content (AvgIpc) is 2.77. The van der Waals surface area contributed by atoms with Gasteiger partial charge in [0.25, 0.3) is 0 Å². The van der Waals surface area contributed by atoms with Crippen LogP contribution in [0.5, 0.6) is 5.75 Å². The van der Waals surface area contributed by atoms with E-state index in [1.807, 2.05) is 4.90 Å². The third-order valence-corrected chi connectivity index (χ3v) is 7.09. The van der Waals surface area contributed by atoms with Crippen LogP contribution in [0.15, 0.2) is 18.2 Å². The second kappa shape index (κ2) is 8.79. The Bertz CT molecular complexity index is 789. The Balaban J connectivity index is 1.28. The maximum absolute atomic E-state index is 13.9. The van der Waals surface area contributed by atoms with Gasteiger partial charge >= 0.3 is 6.03 Å². The molecule has 8 heteroatoms. The summed E-state index contributed by atoms with van der Waals surface area (Å²) in [6, 6.07) is 4.18. The number of halogens is 1. The number of likely N-dealkylation sites (tertiary alicyclic amines) is 1. The maximum atomic E-state index is 13.9. The Morgan fingerprint density at radius 3 is 2.50 bits per heavy atom. The van der Waals surface area contributed by atoms with Crippen molar-refractivity contribution in [3.8, 4) is 5.75 Å². The minimum absolute atomic E-state index is 0.149. The van der Waals surface area contributed by atoms with Gasteiger partial charge < -0.3 is 24.6 Å². The lowest BCUT2D eigenvalue weighted by molar-refractivity contribution is -0.140. The second-order valence-electron chi connectivity index (χ2n) is 8.56. The van der Waals surface area contributed by atoms with E-state index in [0.717, 1.165) is 25.7 Å². The van der Waals surface area contributed by atoms with E-state index in [9.17, 15) is 14.0 Å². The third kappa shape index (κ3) is 4.24. The van der Waals surface area contributed by atoms with Crippen LogP contribution in [0.3, 0.4) is 0 Å². The quantitative estimate of drug-likeness (QED) is 0.814. The lowest BCUT2D eigenvalue weighted by Crippen LogP contribution is -2.52. The summed E-state index contributed by atoms with van der Waals surface area (Å²) in [5, 5.41) is 2.77. The highest BCUT2D eigenvalue weighted by Gasteiger charge is 2.49. The van der Waals surface area contributed by atoms with Crippen molar-refractivity contribution in [2.75, 3.05) is 51.8 Å². The van der Waals surface area contributed by atoms with Crippen molar-refractivity contribution in [3.05, 3.63) is 24.0 Å². The van der Waals surface area contributed by atoms with Gasteiger partial charge in [-0.15, -0.1) is 0 Å². The molecule has 1 aromatic rings. The fourth-order valence-corrected chi connectivity index (χ4v) is 4.99. The highest BCUT2D eigenvalue weighted by Crippen LogP contribution is 2.55. The minimum Gasteiger partial charge on any atom is -0.494 e. The van der Waals surface area contributed by atoms with Gasteiger partial charge in [-0.25, -0.2) is 9.18 Å². The monoisotopic (exact) mass is 419 g/mol. The zero-order valence-corrected chi connectivity index (χ0v) is 17.5. The lowest BCUT2D eigenvalue weighted by Gasteiger charge is -2.54. The molecule has 1 saturated carbocycles. The molecule has 7 nitrogen and oxygen atoms in total. The first-order valence-corrected chi connectivity index (χ1v) is 10.8. The van der Waals surface area contributed by atoms with Crippen LogP contribution >= 0.6 is 0 Å². The van der Waals surface area contributed by atoms with Crippen molar-refractivity contribution in [1.82, 2.24) is 9.80 Å². The van der Waals surface area contributed by atoms with Crippen LogP contribution in [0.2, 0.25) is 0 Å². The first-order valence-electron chi connectivity index (χ1n) is 10.8. The number of ether oxygens (including phenoxy) is 2. The van der Waals surface area contributed by atoms with Crippen LogP contribution in [0.4, 0.5) is 14.9 Å². The zero-order chi connectivity index (χ0) is 21.1. The number of piperidine rings is 1. The molecule has 3 amide bonds. The number of carbonyl (C=O) groups is 2. The van der Waals surface area contributed by atoms with E-state index < -0.39 is 5.82 Å². The predicted octanol–water partition coefficient (Wildman–Crippen LogP) is 3.11. The molecular formula is C22H30FN3O4. The highest BCUT2D eigenvalue weighted by atomic mass is 19.1. The van der Waals surface area contributed by atoms with Crippen molar-refractivity contribution in [3.63, 3.8) is 0 Å². The summed E-state index contributed by atoms with van der Waals surface area (Å²) in [7, 11) is 1.41. The Morgan fingerprint density at radius 1 is 1.17 bits per heavy atom. The van der Waals surface area contributed by atoms with E-state index in [2.05, 4.69) is 5.32 Å². The second-order valence-corrected chi connectivity index (χ2v) is 8.56. The molecule has 2 heterocycles. The molecule has 1 aliphatic carbocycles. The number of morpholine rings is 1. The zero-order valence-electron chi connectivity index (χ0n) is 17.5. The summed E-state index contributed by atoms with van der Waals surface area (Å²) in [6.07, 6.45) is 4.66. The molecule has 30 heavy (non-hydrogen) atoms. The van der Waals surface area contributed by atoms with Gasteiger partial charge in [-0.05, 0) is 49.1 Å². The van der Waals surface area contributed by atoms with E-state index in [0.29, 0.717) is 57.4 Å². The van der Waals surface area contributed by atoms with E-state index in [4.69, 9.17) is 9.47 Å². The molecule has 1 atom stereocenters. The van der Waals surface area contributed by atoms with Crippen LogP contribution in [0, 0.1) is 17.2 Å². The van der Waals surface area contributed by atoms with Gasteiger partial charge in [-0.1, -0.05) is 0 Å². The first-order chi connectivity index (χ1) is 14.5. The van der Waals surface area contributed by atoms with Crippen molar-refractivity contribution in [2.45, 2.75) is 32.1 Å².